The lowest BCUT2D eigenvalue weighted by atomic mass is 10.1. The summed E-state index contributed by atoms with van der Waals surface area (Å²) in [6, 6.07) is 0.581. The number of aryl methyl sites for hydroxylation is 4. The highest BCUT2D eigenvalue weighted by molar-refractivity contribution is 7.11. The minimum atomic E-state index is 0.280. The van der Waals surface area contributed by atoms with Gasteiger partial charge < -0.3 is 5.32 Å². The molecule has 0 aliphatic rings. The summed E-state index contributed by atoms with van der Waals surface area (Å²) in [5.74, 6) is 0. The van der Waals surface area contributed by atoms with Gasteiger partial charge in [0.1, 0.15) is 0 Å². The Labute approximate surface area is 131 Å². The fraction of sp³-hybridized carbons (Fsp3) is 0.625. The first-order chi connectivity index (χ1) is 9.85. The van der Waals surface area contributed by atoms with Crippen LogP contribution in [0.15, 0.2) is 0 Å². The van der Waals surface area contributed by atoms with Crippen molar-refractivity contribution in [3.63, 3.8) is 0 Å². The molecule has 0 fully saturated rings. The largest absolute Gasteiger partial charge is 0.303 e. The lowest BCUT2D eigenvalue weighted by Gasteiger charge is -2.20. The van der Waals surface area contributed by atoms with Crippen molar-refractivity contribution in [2.75, 3.05) is 0 Å². The summed E-state index contributed by atoms with van der Waals surface area (Å²) < 4.78 is 2.08. The van der Waals surface area contributed by atoms with Gasteiger partial charge in [-0.25, -0.2) is 4.98 Å². The normalized spacial score (nSPS) is 14.4. The van der Waals surface area contributed by atoms with Gasteiger partial charge in [0.2, 0.25) is 0 Å². The van der Waals surface area contributed by atoms with Gasteiger partial charge in [0.25, 0.3) is 0 Å². The zero-order valence-corrected chi connectivity index (χ0v) is 14.9. The molecule has 0 radical (unpaired) electrons. The predicted molar refractivity (Wildman–Crippen MR) is 88.9 cm³/mol. The maximum absolute atomic E-state index is 4.62. The molecule has 0 amide bonds. The van der Waals surface area contributed by atoms with Crippen molar-refractivity contribution in [2.24, 2.45) is 0 Å². The Kier molecular flexibility index (Phi) is 4.84. The predicted octanol–water partition coefficient (Wildman–Crippen LogP) is 4.00. The summed E-state index contributed by atoms with van der Waals surface area (Å²) in [4.78, 5) is 5.86. The molecule has 21 heavy (non-hydrogen) atoms. The highest BCUT2D eigenvalue weighted by Gasteiger charge is 2.20. The van der Waals surface area contributed by atoms with E-state index < -0.39 is 0 Å². The van der Waals surface area contributed by atoms with Gasteiger partial charge >= 0.3 is 0 Å². The van der Waals surface area contributed by atoms with Gasteiger partial charge in [0, 0.05) is 34.8 Å². The van der Waals surface area contributed by atoms with Gasteiger partial charge in [-0.1, -0.05) is 0 Å². The molecular formula is C16H26N4S. The Bertz CT molecular complexity index is 627. The minimum absolute atomic E-state index is 0.280. The van der Waals surface area contributed by atoms with Gasteiger partial charge in [-0.15, -0.1) is 11.3 Å². The standard InChI is InChI=1S/C16H26N4S/c1-8-20-13(6)15(10(3)19-20)9(2)17-11(4)16-12(5)18-14(7)21-16/h9,11,17H,8H2,1-7H3. The maximum atomic E-state index is 4.62. The third-order valence-corrected chi connectivity index (χ3v) is 5.26. The molecule has 5 heteroatoms. The number of hydrogen-bond donors (Lipinski definition) is 1. The quantitative estimate of drug-likeness (QED) is 0.907. The molecule has 0 saturated carbocycles. The second-order valence-electron chi connectivity index (χ2n) is 5.69. The molecule has 2 aromatic rings. The lowest BCUT2D eigenvalue weighted by Crippen LogP contribution is -2.23. The average molecular weight is 306 g/mol. The number of rotatable bonds is 5. The molecule has 0 aromatic carbocycles. The van der Waals surface area contributed by atoms with E-state index in [0.717, 1.165) is 22.9 Å². The van der Waals surface area contributed by atoms with Crippen LogP contribution < -0.4 is 5.32 Å². The average Bonchev–Trinajstić information content (AvgIpc) is 2.88. The van der Waals surface area contributed by atoms with E-state index in [1.165, 1.54) is 16.1 Å². The summed E-state index contributed by atoms with van der Waals surface area (Å²) in [6.07, 6.45) is 0. The summed E-state index contributed by atoms with van der Waals surface area (Å²) in [6.45, 7) is 15.9. The first kappa shape index (κ1) is 16.2. The number of nitrogens with one attached hydrogen (secondary N) is 1. The second kappa shape index (κ2) is 6.28. The molecule has 0 spiro atoms. The topological polar surface area (TPSA) is 42.7 Å². The number of thiazole rings is 1. The van der Waals surface area contributed by atoms with Crippen LogP contribution in [-0.2, 0) is 6.54 Å². The van der Waals surface area contributed by atoms with Gasteiger partial charge in [0.05, 0.1) is 16.4 Å². The third kappa shape index (κ3) is 3.19. The molecule has 0 aliphatic heterocycles. The van der Waals surface area contributed by atoms with Crippen LogP contribution in [0.25, 0.3) is 0 Å². The van der Waals surface area contributed by atoms with Crippen LogP contribution in [0.3, 0.4) is 0 Å². The number of aromatic nitrogens is 3. The van der Waals surface area contributed by atoms with Crippen LogP contribution in [0.5, 0.6) is 0 Å². The lowest BCUT2D eigenvalue weighted by molar-refractivity contribution is 0.494. The zero-order valence-electron chi connectivity index (χ0n) is 14.1. The summed E-state index contributed by atoms with van der Waals surface area (Å²) in [5, 5.41) is 9.46. The van der Waals surface area contributed by atoms with Crippen molar-refractivity contribution < 1.29 is 0 Å². The van der Waals surface area contributed by atoms with Gasteiger partial charge in [-0.05, 0) is 48.5 Å². The van der Waals surface area contributed by atoms with Crippen molar-refractivity contribution in [2.45, 2.75) is 67.1 Å². The molecule has 2 unspecified atom stereocenters. The molecule has 2 atom stereocenters. The Morgan fingerprint density at radius 1 is 1.10 bits per heavy atom. The van der Waals surface area contributed by atoms with Crippen molar-refractivity contribution in [1.29, 1.82) is 0 Å². The summed E-state index contributed by atoms with van der Waals surface area (Å²) in [7, 11) is 0. The molecule has 0 bridgehead atoms. The zero-order chi connectivity index (χ0) is 15.7. The summed E-state index contributed by atoms with van der Waals surface area (Å²) >= 11 is 1.78. The Morgan fingerprint density at radius 2 is 1.76 bits per heavy atom. The monoisotopic (exact) mass is 306 g/mol. The van der Waals surface area contributed by atoms with Crippen molar-refractivity contribution in [1.82, 2.24) is 20.1 Å². The van der Waals surface area contributed by atoms with Crippen LogP contribution >= 0.6 is 11.3 Å². The van der Waals surface area contributed by atoms with Crippen molar-refractivity contribution >= 4 is 11.3 Å². The van der Waals surface area contributed by atoms with E-state index in [9.17, 15) is 0 Å². The third-order valence-electron chi connectivity index (χ3n) is 4.00. The second-order valence-corrected chi connectivity index (χ2v) is 6.93. The smallest absolute Gasteiger partial charge is 0.0900 e. The Hall–Kier alpha value is -1.20. The SMILES string of the molecule is CCn1nc(C)c(C(C)NC(C)c2sc(C)nc2C)c1C. The molecule has 116 valence electrons. The van der Waals surface area contributed by atoms with E-state index in [4.69, 9.17) is 0 Å². The van der Waals surface area contributed by atoms with Crippen LogP contribution in [0.2, 0.25) is 0 Å². The van der Waals surface area contributed by atoms with E-state index in [1.54, 1.807) is 11.3 Å². The first-order valence-electron chi connectivity index (χ1n) is 7.59. The van der Waals surface area contributed by atoms with Crippen LogP contribution in [0.1, 0.15) is 65.4 Å². The fourth-order valence-corrected chi connectivity index (χ4v) is 4.07. The molecule has 2 aromatic heterocycles. The van der Waals surface area contributed by atoms with Crippen LogP contribution in [0, 0.1) is 27.7 Å². The molecule has 0 saturated heterocycles. The van der Waals surface area contributed by atoms with E-state index in [1.807, 2.05) is 0 Å². The molecule has 2 rings (SSSR count). The molecule has 2 heterocycles. The summed E-state index contributed by atoms with van der Waals surface area (Å²) in [5.41, 5.74) is 4.85. The fourth-order valence-electron chi connectivity index (χ4n) is 3.13. The Morgan fingerprint density at radius 3 is 2.24 bits per heavy atom. The first-order valence-corrected chi connectivity index (χ1v) is 8.40. The van der Waals surface area contributed by atoms with Crippen molar-refractivity contribution in [3.8, 4) is 0 Å². The highest BCUT2D eigenvalue weighted by Crippen LogP contribution is 2.28. The minimum Gasteiger partial charge on any atom is -0.303 e. The van der Waals surface area contributed by atoms with E-state index in [2.05, 4.69) is 68.5 Å². The highest BCUT2D eigenvalue weighted by atomic mass is 32.1. The van der Waals surface area contributed by atoms with Crippen LogP contribution in [-0.4, -0.2) is 14.8 Å². The van der Waals surface area contributed by atoms with Gasteiger partial charge in [-0.3, -0.25) is 4.68 Å². The van der Waals surface area contributed by atoms with Crippen molar-refractivity contribution in [3.05, 3.63) is 32.5 Å². The van der Waals surface area contributed by atoms with Gasteiger partial charge in [0.15, 0.2) is 0 Å². The Balaban J connectivity index is 2.20. The van der Waals surface area contributed by atoms with E-state index in [0.29, 0.717) is 6.04 Å². The van der Waals surface area contributed by atoms with Crippen LogP contribution in [0.4, 0.5) is 0 Å². The maximum Gasteiger partial charge on any atom is 0.0900 e. The number of hydrogen-bond acceptors (Lipinski definition) is 4. The van der Waals surface area contributed by atoms with E-state index in [-0.39, 0.29) is 6.04 Å². The molecule has 4 nitrogen and oxygen atoms in total. The molecule has 0 aliphatic carbocycles. The molecular weight excluding hydrogens is 280 g/mol. The molecule has 1 N–H and O–H groups in total. The van der Waals surface area contributed by atoms with E-state index >= 15 is 0 Å². The number of nitrogens with zero attached hydrogens (tertiary/aromatic N) is 3. The van der Waals surface area contributed by atoms with Gasteiger partial charge in [-0.2, -0.15) is 5.10 Å².